The number of allylic oxidation sites excluding steroid dienone is 1. The molecule has 0 unspecified atom stereocenters. The zero-order valence-electron chi connectivity index (χ0n) is 13.1. The lowest BCUT2D eigenvalue weighted by Crippen LogP contribution is -2.04. The molecule has 0 saturated heterocycles. The van der Waals surface area contributed by atoms with Gasteiger partial charge in [0.05, 0.1) is 11.0 Å². The third kappa shape index (κ3) is 3.41. The molecule has 24 heavy (non-hydrogen) atoms. The Morgan fingerprint density at radius 2 is 2.08 bits per heavy atom. The summed E-state index contributed by atoms with van der Waals surface area (Å²) in [6, 6.07) is 9.22. The summed E-state index contributed by atoms with van der Waals surface area (Å²) >= 11 is 5.98. The van der Waals surface area contributed by atoms with Gasteiger partial charge in [0.25, 0.3) is 0 Å². The molecule has 3 aromatic heterocycles. The van der Waals surface area contributed by atoms with E-state index in [1.54, 1.807) is 30.9 Å². The second-order valence-electron chi connectivity index (χ2n) is 5.09. The van der Waals surface area contributed by atoms with Crippen LogP contribution in [0.3, 0.4) is 0 Å². The van der Waals surface area contributed by atoms with E-state index in [1.807, 2.05) is 31.2 Å². The lowest BCUT2D eigenvalue weighted by Gasteiger charge is -2.09. The number of nitrogens with zero attached hydrogens (tertiary/aromatic N) is 4. The molecule has 0 amide bonds. The monoisotopic (exact) mass is 337 g/mol. The minimum atomic E-state index is 0.425. The molecule has 0 radical (unpaired) electrons. The summed E-state index contributed by atoms with van der Waals surface area (Å²) in [7, 11) is 0. The Hall–Kier alpha value is -2.79. The van der Waals surface area contributed by atoms with Crippen LogP contribution in [0.15, 0.2) is 53.9 Å². The average molecular weight is 338 g/mol. The molecule has 0 atom stereocenters. The van der Waals surface area contributed by atoms with Crippen molar-refractivity contribution in [1.82, 2.24) is 15.0 Å². The lowest BCUT2D eigenvalue weighted by molar-refractivity contribution is 1.14. The first kappa shape index (κ1) is 16.1. The topological polar surface area (TPSA) is 77.0 Å². The molecule has 0 aromatic carbocycles. The standard InChI is InChI=1S/C18H16ClN5/c1-2-21-11-14(18(20)12-4-3-7-22-9-12)13-8-16-15(23-10-13)5-6-17(19)24-16/h3-11H,2,20H2,1H3. The number of fused-ring (bicyclic) bond motifs is 1. The van der Waals surface area contributed by atoms with Crippen LogP contribution in [0.2, 0.25) is 5.15 Å². The lowest BCUT2D eigenvalue weighted by atomic mass is 10.0. The number of rotatable bonds is 4. The van der Waals surface area contributed by atoms with Crippen LogP contribution >= 0.6 is 11.6 Å². The Morgan fingerprint density at radius 3 is 2.83 bits per heavy atom. The Balaban J connectivity index is 2.17. The maximum Gasteiger partial charge on any atom is 0.129 e. The van der Waals surface area contributed by atoms with Crippen molar-refractivity contribution in [3.05, 3.63) is 65.2 Å². The van der Waals surface area contributed by atoms with Crippen LogP contribution in [0, 0.1) is 0 Å². The molecule has 120 valence electrons. The minimum absolute atomic E-state index is 0.425. The van der Waals surface area contributed by atoms with Gasteiger partial charge in [-0.1, -0.05) is 11.6 Å². The SMILES string of the molecule is CCN=CC(=C(N)c1cccnc1)c1cnc2ccc(Cl)nc2c1. The van der Waals surface area contributed by atoms with E-state index < -0.39 is 0 Å². The number of hydrogen-bond acceptors (Lipinski definition) is 5. The van der Waals surface area contributed by atoms with Gasteiger partial charge >= 0.3 is 0 Å². The van der Waals surface area contributed by atoms with Crippen LogP contribution in [0.4, 0.5) is 0 Å². The van der Waals surface area contributed by atoms with Gasteiger partial charge in [0.2, 0.25) is 0 Å². The van der Waals surface area contributed by atoms with Gasteiger partial charge in [-0.25, -0.2) is 4.98 Å². The molecule has 0 spiro atoms. The molecule has 3 aromatic rings. The fourth-order valence-corrected chi connectivity index (χ4v) is 2.44. The summed E-state index contributed by atoms with van der Waals surface area (Å²) in [6.07, 6.45) is 6.95. The predicted molar refractivity (Wildman–Crippen MR) is 98.8 cm³/mol. The molecule has 5 nitrogen and oxygen atoms in total. The number of aliphatic imine (C=N–C) groups is 1. The Morgan fingerprint density at radius 1 is 1.21 bits per heavy atom. The molecular formula is C18H16ClN5. The van der Waals surface area contributed by atoms with E-state index in [0.29, 0.717) is 22.9 Å². The number of aromatic nitrogens is 3. The van der Waals surface area contributed by atoms with Gasteiger partial charge < -0.3 is 5.73 Å². The fraction of sp³-hybridized carbons (Fsp3) is 0.111. The smallest absolute Gasteiger partial charge is 0.129 e. The van der Waals surface area contributed by atoms with Gasteiger partial charge in [-0.3, -0.25) is 15.0 Å². The predicted octanol–water partition coefficient (Wildman–Crippen LogP) is 3.60. The third-order valence-electron chi connectivity index (χ3n) is 3.48. The summed E-state index contributed by atoms with van der Waals surface area (Å²) < 4.78 is 0. The first-order chi connectivity index (χ1) is 11.7. The molecule has 0 bridgehead atoms. The van der Waals surface area contributed by atoms with Gasteiger partial charge in [-0.15, -0.1) is 0 Å². The summed E-state index contributed by atoms with van der Waals surface area (Å²) in [5.41, 5.74) is 10.9. The third-order valence-corrected chi connectivity index (χ3v) is 3.69. The second kappa shape index (κ2) is 7.19. The van der Waals surface area contributed by atoms with Crippen LogP contribution in [0.25, 0.3) is 22.3 Å². The van der Waals surface area contributed by atoms with E-state index in [9.17, 15) is 0 Å². The Bertz CT molecular complexity index is 919. The highest BCUT2D eigenvalue weighted by atomic mass is 35.5. The van der Waals surface area contributed by atoms with Crippen LogP contribution in [-0.4, -0.2) is 27.7 Å². The summed E-state index contributed by atoms with van der Waals surface area (Å²) in [5, 5.41) is 0.425. The first-order valence-corrected chi connectivity index (χ1v) is 7.89. The Labute approximate surface area is 145 Å². The van der Waals surface area contributed by atoms with Crippen molar-refractivity contribution < 1.29 is 0 Å². The van der Waals surface area contributed by atoms with E-state index in [-0.39, 0.29) is 0 Å². The summed E-state index contributed by atoms with van der Waals surface area (Å²) in [4.78, 5) is 17.2. The Kier molecular flexibility index (Phi) is 4.82. The maximum absolute atomic E-state index is 6.36. The van der Waals surface area contributed by atoms with E-state index in [4.69, 9.17) is 17.3 Å². The van der Waals surface area contributed by atoms with Gasteiger partial charge in [0.1, 0.15) is 5.15 Å². The van der Waals surface area contributed by atoms with Crippen molar-refractivity contribution in [2.45, 2.75) is 6.92 Å². The van der Waals surface area contributed by atoms with Crippen molar-refractivity contribution in [1.29, 1.82) is 0 Å². The number of hydrogen-bond donors (Lipinski definition) is 1. The highest BCUT2D eigenvalue weighted by Gasteiger charge is 2.09. The van der Waals surface area contributed by atoms with Crippen LogP contribution in [0.1, 0.15) is 18.1 Å². The first-order valence-electron chi connectivity index (χ1n) is 7.51. The highest BCUT2D eigenvalue weighted by molar-refractivity contribution is 6.29. The molecule has 2 N–H and O–H groups in total. The molecule has 0 saturated carbocycles. The number of halogens is 1. The molecule has 0 fully saturated rings. The summed E-state index contributed by atoms with van der Waals surface area (Å²) in [5.74, 6) is 0. The highest BCUT2D eigenvalue weighted by Crippen LogP contribution is 2.23. The van der Waals surface area contributed by atoms with E-state index in [2.05, 4.69) is 19.9 Å². The number of nitrogens with two attached hydrogens (primary N) is 1. The van der Waals surface area contributed by atoms with Gasteiger partial charge in [-0.05, 0) is 37.3 Å². The van der Waals surface area contributed by atoms with Gasteiger partial charge in [0, 0.05) is 53.7 Å². The zero-order chi connectivity index (χ0) is 16.9. The molecule has 3 heterocycles. The average Bonchev–Trinajstić information content (AvgIpc) is 2.62. The van der Waals surface area contributed by atoms with Crippen molar-refractivity contribution in [3.8, 4) is 0 Å². The van der Waals surface area contributed by atoms with E-state index >= 15 is 0 Å². The van der Waals surface area contributed by atoms with E-state index in [0.717, 1.165) is 22.2 Å². The molecule has 0 aliphatic heterocycles. The molecule has 0 aliphatic rings. The quantitative estimate of drug-likeness (QED) is 0.583. The maximum atomic E-state index is 6.36. The van der Waals surface area contributed by atoms with Crippen LogP contribution in [-0.2, 0) is 0 Å². The fourth-order valence-electron chi connectivity index (χ4n) is 2.29. The molecule has 0 aliphatic carbocycles. The van der Waals surface area contributed by atoms with Crippen LogP contribution < -0.4 is 5.73 Å². The molecule has 6 heteroatoms. The summed E-state index contributed by atoms with van der Waals surface area (Å²) in [6.45, 7) is 2.63. The molecule has 3 rings (SSSR count). The second-order valence-corrected chi connectivity index (χ2v) is 5.48. The normalized spacial score (nSPS) is 12.6. The van der Waals surface area contributed by atoms with Crippen LogP contribution in [0.5, 0.6) is 0 Å². The van der Waals surface area contributed by atoms with Crippen molar-refractivity contribution >= 4 is 40.1 Å². The number of pyridine rings is 3. The largest absolute Gasteiger partial charge is 0.398 e. The van der Waals surface area contributed by atoms with Crippen molar-refractivity contribution in [3.63, 3.8) is 0 Å². The zero-order valence-corrected chi connectivity index (χ0v) is 13.9. The van der Waals surface area contributed by atoms with Crippen molar-refractivity contribution in [2.75, 3.05) is 6.54 Å². The van der Waals surface area contributed by atoms with E-state index in [1.165, 1.54) is 0 Å². The molecular weight excluding hydrogens is 322 g/mol. The minimum Gasteiger partial charge on any atom is -0.398 e. The van der Waals surface area contributed by atoms with Crippen molar-refractivity contribution in [2.24, 2.45) is 10.7 Å². The van der Waals surface area contributed by atoms with Gasteiger partial charge in [0.15, 0.2) is 0 Å². The van der Waals surface area contributed by atoms with Gasteiger partial charge in [-0.2, -0.15) is 0 Å².